The number of rotatable bonds is 1. The standard InChI is InChI=1S/C11H16N2O3/c1-10(2)8(11(10,3)4)13-7(15)5-6(14)12-9(13)16/h8H,5H2,1-4H3,(H,12,14,16). The van der Waals surface area contributed by atoms with Crippen LogP contribution >= 0.6 is 0 Å². The average Bonchev–Trinajstić information content (AvgIpc) is 2.46. The van der Waals surface area contributed by atoms with Gasteiger partial charge in [0.15, 0.2) is 0 Å². The van der Waals surface area contributed by atoms with Gasteiger partial charge in [0.1, 0.15) is 6.42 Å². The van der Waals surface area contributed by atoms with Crippen LogP contribution in [0.5, 0.6) is 0 Å². The Bertz CT molecular complexity index is 364. The quantitative estimate of drug-likeness (QED) is 0.673. The van der Waals surface area contributed by atoms with E-state index in [1.54, 1.807) is 0 Å². The number of hydrogen-bond acceptors (Lipinski definition) is 3. The van der Waals surface area contributed by atoms with Crippen molar-refractivity contribution in [2.45, 2.75) is 40.2 Å². The summed E-state index contributed by atoms with van der Waals surface area (Å²) in [5.41, 5.74) is -0.194. The molecule has 1 aliphatic carbocycles. The molecular formula is C11H16N2O3. The van der Waals surface area contributed by atoms with Gasteiger partial charge >= 0.3 is 6.03 Å². The number of nitrogens with zero attached hydrogens (tertiary/aromatic N) is 1. The van der Waals surface area contributed by atoms with E-state index < -0.39 is 17.8 Å². The van der Waals surface area contributed by atoms with Gasteiger partial charge in [-0.15, -0.1) is 0 Å². The molecule has 1 aliphatic heterocycles. The number of barbiturate groups is 1. The van der Waals surface area contributed by atoms with Gasteiger partial charge in [0, 0.05) is 0 Å². The monoisotopic (exact) mass is 224 g/mol. The molecule has 1 saturated carbocycles. The number of imide groups is 2. The summed E-state index contributed by atoms with van der Waals surface area (Å²) >= 11 is 0. The van der Waals surface area contributed by atoms with Crippen LogP contribution in [0.15, 0.2) is 0 Å². The summed E-state index contributed by atoms with van der Waals surface area (Å²) in [6.45, 7) is 8.09. The Kier molecular flexibility index (Phi) is 1.97. The topological polar surface area (TPSA) is 66.5 Å². The molecule has 0 atom stereocenters. The smallest absolute Gasteiger partial charge is 0.277 e. The third-order valence-electron chi connectivity index (χ3n) is 4.25. The Labute approximate surface area is 94.2 Å². The lowest BCUT2D eigenvalue weighted by atomic mass is 10.0. The first-order chi connectivity index (χ1) is 7.19. The number of carbonyl (C=O) groups excluding carboxylic acids is 3. The zero-order valence-electron chi connectivity index (χ0n) is 9.96. The van der Waals surface area contributed by atoms with E-state index in [-0.39, 0.29) is 23.3 Å². The Morgan fingerprint density at radius 3 is 2.00 bits per heavy atom. The van der Waals surface area contributed by atoms with Crippen LogP contribution < -0.4 is 5.32 Å². The van der Waals surface area contributed by atoms with Gasteiger partial charge in [-0.25, -0.2) is 4.79 Å². The first kappa shape index (κ1) is 11.1. The molecule has 0 unspecified atom stereocenters. The fraction of sp³-hybridized carbons (Fsp3) is 0.727. The molecule has 0 radical (unpaired) electrons. The van der Waals surface area contributed by atoms with Gasteiger partial charge < -0.3 is 0 Å². The Morgan fingerprint density at radius 2 is 1.62 bits per heavy atom. The van der Waals surface area contributed by atoms with Crippen LogP contribution in [0.4, 0.5) is 4.79 Å². The van der Waals surface area contributed by atoms with Crippen LogP contribution in [0.3, 0.4) is 0 Å². The van der Waals surface area contributed by atoms with Gasteiger partial charge in [0.2, 0.25) is 11.8 Å². The minimum absolute atomic E-state index is 0.0968. The molecule has 2 aliphatic rings. The molecule has 2 fully saturated rings. The molecule has 0 aromatic carbocycles. The maximum absolute atomic E-state index is 11.7. The summed E-state index contributed by atoms with van der Waals surface area (Å²) in [5.74, 6) is -0.903. The van der Waals surface area contributed by atoms with Crippen molar-refractivity contribution in [3.63, 3.8) is 0 Å². The van der Waals surface area contributed by atoms with Gasteiger partial charge in [-0.1, -0.05) is 27.7 Å². The molecule has 0 aromatic rings. The normalized spacial score (nSPS) is 28.0. The van der Waals surface area contributed by atoms with Crippen LogP contribution in [0.2, 0.25) is 0 Å². The van der Waals surface area contributed by atoms with E-state index in [4.69, 9.17) is 0 Å². The minimum atomic E-state index is -0.579. The molecular weight excluding hydrogens is 208 g/mol. The van der Waals surface area contributed by atoms with Crippen LogP contribution in [0, 0.1) is 10.8 Å². The van der Waals surface area contributed by atoms with Crippen molar-refractivity contribution in [1.29, 1.82) is 0 Å². The highest BCUT2D eigenvalue weighted by molar-refractivity contribution is 6.14. The predicted molar refractivity (Wildman–Crippen MR) is 56.4 cm³/mol. The van der Waals surface area contributed by atoms with E-state index >= 15 is 0 Å². The number of hydrogen-bond donors (Lipinski definition) is 1. The maximum atomic E-state index is 11.7. The highest BCUT2D eigenvalue weighted by Gasteiger charge is 2.69. The first-order valence-electron chi connectivity index (χ1n) is 5.35. The van der Waals surface area contributed by atoms with Crippen molar-refractivity contribution >= 4 is 17.8 Å². The summed E-state index contributed by atoms with van der Waals surface area (Å²) < 4.78 is 0. The highest BCUT2D eigenvalue weighted by Crippen LogP contribution is 2.65. The molecule has 0 aromatic heterocycles. The van der Waals surface area contributed by atoms with Crippen LogP contribution in [-0.4, -0.2) is 28.8 Å². The van der Waals surface area contributed by atoms with E-state index in [0.29, 0.717) is 0 Å². The number of amides is 4. The molecule has 0 bridgehead atoms. The summed E-state index contributed by atoms with van der Waals surface area (Å²) in [4.78, 5) is 35.6. The van der Waals surface area contributed by atoms with Gasteiger partial charge in [0.25, 0.3) is 0 Å². The van der Waals surface area contributed by atoms with Crippen molar-refractivity contribution in [2.75, 3.05) is 0 Å². The van der Waals surface area contributed by atoms with Crippen molar-refractivity contribution in [3.05, 3.63) is 0 Å². The highest BCUT2D eigenvalue weighted by atomic mass is 16.2. The molecule has 88 valence electrons. The fourth-order valence-corrected chi connectivity index (χ4v) is 2.63. The van der Waals surface area contributed by atoms with Crippen LogP contribution in [0.25, 0.3) is 0 Å². The van der Waals surface area contributed by atoms with Gasteiger partial charge in [0.05, 0.1) is 6.04 Å². The fourth-order valence-electron chi connectivity index (χ4n) is 2.63. The molecule has 5 nitrogen and oxygen atoms in total. The first-order valence-corrected chi connectivity index (χ1v) is 5.35. The number of carbonyl (C=O) groups is 3. The lowest BCUT2D eigenvalue weighted by Gasteiger charge is -2.26. The molecule has 1 heterocycles. The van der Waals surface area contributed by atoms with E-state index in [1.165, 1.54) is 4.90 Å². The zero-order valence-corrected chi connectivity index (χ0v) is 9.96. The Morgan fingerprint density at radius 1 is 1.12 bits per heavy atom. The van der Waals surface area contributed by atoms with Crippen molar-refractivity contribution in [3.8, 4) is 0 Å². The molecule has 0 spiro atoms. The zero-order chi connectivity index (χ0) is 12.3. The van der Waals surface area contributed by atoms with Crippen molar-refractivity contribution in [2.24, 2.45) is 10.8 Å². The SMILES string of the molecule is CC1(C)C(N2C(=O)CC(=O)NC2=O)C1(C)C. The Hall–Kier alpha value is -1.39. The Balaban J connectivity index is 2.27. The van der Waals surface area contributed by atoms with Gasteiger partial charge in [-0.3, -0.25) is 19.8 Å². The van der Waals surface area contributed by atoms with E-state index in [1.807, 2.05) is 27.7 Å². The summed E-state index contributed by atoms with van der Waals surface area (Å²) in [5, 5.41) is 2.18. The maximum Gasteiger partial charge on any atom is 0.331 e. The minimum Gasteiger partial charge on any atom is -0.277 e. The van der Waals surface area contributed by atoms with E-state index in [0.717, 1.165) is 0 Å². The van der Waals surface area contributed by atoms with Gasteiger partial charge in [-0.2, -0.15) is 0 Å². The molecule has 5 heteroatoms. The van der Waals surface area contributed by atoms with Crippen LogP contribution in [-0.2, 0) is 9.59 Å². The number of nitrogens with one attached hydrogen (secondary N) is 1. The molecule has 16 heavy (non-hydrogen) atoms. The third kappa shape index (κ3) is 1.20. The third-order valence-corrected chi connectivity index (χ3v) is 4.25. The van der Waals surface area contributed by atoms with Gasteiger partial charge in [-0.05, 0) is 10.8 Å². The lowest BCUT2D eigenvalue weighted by molar-refractivity contribution is -0.137. The largest absolute Gasteiger partial charge is 0.331 e. The van der Waals surface area contributed by atoms with Crippen molar-refractivity contribution in [1.82, 2.24) is 10.2 Å². The van der Waals surface area contributed by atoms with Crippen molar-refractivity contribution < 1.29 is 14.4 Å². The second-order valence-corrected chi connectivity index (χ2v) is 5.64. The second kappa shape index (κ2) is 2.84. The number of urea groups is 1. The van der Waals surface area contributed by atoms with E-state index in [2.05, 4.69) is 5.32 Å². The van der Waals surface area contributed by atoms with E-state index in [9.17, 15) is 14.4 Å². The molecule has 1 N–H and O–H groups in total. The summed E-state index contributed by atoms with van der Waals surface area (Å²) in [6.07, 6.45) is -0.228. The lowest BCUT2D eigenvalue weighted by Crippen LogP contribution is -2.54. The summed E-state index contributed by atoms with van der Waals surface area (Å²) in [6, 6.07) is -0.703. The predicted octanol–water partition coefficient (Wildman–Crippen LogP) is 0.889. The molecule has 4 amide bonds. The molecule has 2 rings (SSSR count). The average molecular weight is 224 g/mol. The van der Waals surface area contributed by atoms with Crippen LogP contribution in [0.1, 0.15) is 34.1 Å². The summed E-state index contributed by atoms with van der Waals surface area (Å²) in [7, 11) is 0. The molecule has 1 saturated heterocycles. The second-order valence-electron chi connectivity index (χ2n) is 5.64.